The summed E-state index contributed by atoms with van der Waals surface area (Å²) in [6.45, 7) is 0. The number of nitrogens with zero attached hydrogens (tertiary/aromatic N) is 1. The lowest BCUT2D eigenvalue weighted by Gasteiger charge is -2.03. The van der Waals surface area contributed by atoms with E-state index >= 15 is 0 Å². The summed E-state index contributed by atoms with van der Waals surface area (Å²) in [6, 6.07) is 1.54. The highest BCUT2D eigenvalue weighted by atomic mass is 19.2. The summed E-state index contributed by atoms with van der Waals surface area (Å²) in [7, 11) is 0. The summed E-state index contributed by atoms with van der Waals surface area (Å²) in [5, 5.41) is 5.81. The fourth-order valence-corrected chi connectivity index (χ4v) is 1.25. The van der Waals surface area contributed by atoms with Crippen LogP contribution in [0.4, 0.5) is 18.9 Å². The number of aromatic nitrogens is 2. The highest BCUT2D eigenvalue weighted by Crippen LogP contribution is 2.29. The van der Waals surface area contributed by atoms with Crippen LogP contribution in [0, 0.1) is 17.5 Å². The predicted octanol–water partition coefficient (Wildman–Crippen LogP) is 2.08. The lowest BCUT2D eigenvalue weighted by Crippen LogP contribution is -1.96. The van der Waals surface area contributed by atoms with Gasteiger partial charge in [-0.05, 0) is 12.1 Å². The van der Waals surface area contributed by atoms with Gasteiger partial charge in [-0.15, -0.1) is 0 Å². The third-order valence-electron chi connectivity index (χ3n) is 1.96. The van der Waals surface area contributed by atoms with E-state index in [0.29, 0.717) is 6.07 Å². The second-order valence-corrected chi connectivity index (χ2v) is 2.92. The molecule has 1 aromatic carbocycles. The van der Waals surface area contributed by atoms with Crippen LogP contribution < -0.4 is 5.73 Å². The first-order chi connectivity index (χ1) is 7.11. The molecule has 0 aliphatic carbocycles. The Morgan fingerprint density at radius 3 is 2.40 bits per heavy atom. The van der Waals surface area contributed by atoms with Gasteiger partial charge >= 0.3 is 0 Å². The fraction of sp³-hybridized carbons (Fsp3) is 0. The lowest BCUT2D eigenvalue weighted by molar-refractivity contribution is 0.498. The van der Waals surface area contributed by atoms with Crippen LogP contribution in [-0.4, -0.2) is 10.2 Å². The van der Waals surface area contributed by atoms with Crippen molar-refractivity contribution in [3.63, 3.8) is 0 Å². The molecule has 3 nitrogen and oxygen atoms in total. The van der Waals surface area contributed by atoms with Crippen molar-refractivity contribution in [2.45, 2.75) is 0 Å². The number of nitrogens with two attached hydrogens (primary N) is 1. The molecule has 1 aromatic heterocycles. The maximum absolute atomic E-state index is 13.3. The zero-order chi connectivity index (χ0) is 11.0. The molecule has 15 heavy (non-hydrogen) atoms. The summed E-state index contributed by atoms with van der Waals surface area (Å²) < 4.78 is 39.4. The SMILES string of the molecule is Nc1cn[nH]c1-c1c(F)ccc(F)c1F. The fourth-order valence-electron chi connectivity index (χ4n) is 1.25. The Morgan fingerprint density at radius 2 is 1.80 bits per heavy atom. The Hall–Kier alpha value is -1.98. The minimum absolute atomic E-state index is 0.0541. The van der Waals surface area contributed by atoms with E-state index in [4.69, 9.17) is 5.73 Å². The highest BCUT2D eigenvalue weighted by molar-refractivity contribution is 5.72. The number of benzene rings is 1. The first kappa shape index (κ1) is 9.57. The molecule has 0 bridgehead atoms. The molecule has 2 aromatic rings. The number of aromatic amines is 1. The zero-order valence-electron chi connectivity index (χ0n) is 7.39. The summed E-state index contributed by atoms with van der Waals surface area (Å²) >= 11 is 0. The quantitative estimate of drug-likeness (QED) is 0.712. The molecule has 0 saturated carbocycles. The van der Waals surface area contributed by atoms with Crippen molar-refractivity contribution in [2.24, 2.45) is 0 Å². The molecule has 3 N–H and O–H groups in total. The third-order valence-corrected chi connectivity index (χ3v) is 1.96. The topological polar surface area (TPSA) is 54.7 Å². The molecule has 0 aliphatic rings. The van der Waals surface area contributed by atoms with Crippen LogP contribution in [0.5, 0.6) is 0 Å². The largest absolute Gasteiger partial charge is 0.396 e. The van der Waals surface area contributed by atoms with Crippen molar-refractivity contribution in [2.75, 3.05) is 5.73 Å². The molecule has 0 amide bonds. The van der Waals surface area contributed by atoms with E-state index in [1.54, 1.807) is 0 Å². The van der Waals surface area contributed by atoms with Crippen LogP contribution in [-0.2, 0) is 0 Å². The minimum Gasteiger partial charge on any atom is -0.396 e. The van der Waals surface area contributed by atoms with Crippen molar-refractivity contribution in [3.8, 4) is 11.3 Å². The summed E-state index contributed by atoms with van der Waals surface area (Å²) in [6.07, 6.45) is 1.19. The number of halogens is 3. The number of rotatable bonds is 1. The van der Waals surface area contributed by atoms with Crippen LogP contribution in [0.2, 0.25) is 0 Å². The Kier molecular flexibility index (Phi) is 2.11. The number of H-pyrrole nitrogens is 1. The maximum Gasteiger partial charge on any atom is 0.171 e. The van der Waals surface area contributed by atoms with Gasteiger partial charge in [0.25, 0.3) is 0 Å². The molecule has 0 radical (unpaired) electrons. The number of hydrogen-bond donors (Lipinski definition) is 2. The minimum atomic E-state index is -1.29. The van der Waals surface area contributed by atoms with Gasteiger partial charge < -0.3 is 5.73 Å². The average Bonchev–Trinajstić information content (AvgIpc) is 2.60. The van der Waals surface area contributed by atoms with Gasteiger partial charge in [0.2, 0.25) is 0 Å². The van der Waals surface area contributed by atoms with Crippen molar-refractivity contribution < 1.29 is 13.2 Å². The molecule has 0 unspecified atom stereocenters. The first-order valence-corrected chi connectivity index (χ1v) is 4.04. The van der Waals surface area contributed by atoms with Crippen LogP contribution in [0.3, 0.4) is 0 Å². The van der Waals surface area contributed by atoms with Crippen molar-refractivity contribution in [3.05, 3.63) is 35.8 Å². The van der Waals surface area contributed by atoms with E-state index in [0.717, 1.165) is 6.07 Å². The smallest absolute Gasteiger partial charge is 0.171 e. The molecule has 0 fully saturated rings. The van der Waals surface area contributed by atoms with Gasteiger partial charge in [-0.1, -0.05) is 0 Å². The molecule has 2 rings (SSSR count). The van der Waals surface area contributed by atoms with Gasteiger partial charge in [-0.2, -0.15) is 5.10 Å². The van der Waals surface area contributed by atoms with Crippen LogP contribution in [0.15, 0.2) is 18.3 Å². The standard InChI is InChI=1S/C9H6F3N3/c10-4-1-2-5(11)8(12)7(4)9-6(13)3-14-15-9/h1-3H,13H2,(H,14,15). The van der Waals surface area contributed by atoms with E-state index in [1.807, 2.05) is 0 Å². The van der Waals surface area contributed by atoms with Gasteiger partial charge in [0.15, 0.2) is 11.6 Å². The number of anilines is 1. The van der Waals surface area contributed by atoms with Crippen molar-refractivity contribution >= 4 is 5.69 Å². The Bertz CT molecular complexity index is 507. The first-order valence-electron chi connectivity index (χ1n) is 4.04. The monoisotopic (exact) mass is 213 g/mol. The molecule has 0 saturated heterocycles. The normalized spacial score (nSPS) is 10.6. The van der Waals surface area contributed by atoms with Crippen LogP contribution in [0.25, 0.3) is 11.3 Å². The van der Waals surface area contributed by atoms with E-state index < -0.39 is 23.0 Å². The van der Waals surface area contributed by atoms with E-state index in [9.17, 15) is 13.2 Å². The second-order valence-electron chi connectivity index (χ2n) is 2.92. The third kappa shape index (κ3) is 1.43. The lowest BCUT2D eigenvalue weighted by atomic mass is 10.1. The predicted molar refractivity (Wildman–Crippen MR) is 48.3 cm³/mol. The van der Waals surface area contributed by atoms with Crippen molar-refractivity contribution in [1.82, 2.24) is 10.2 Å². The molecule has 0 aliphatic heterocycles. The number of nitrogen functional groups attached to an aromatic ring is 1. The van der Waals surface area contributed by atoms with Crippen molar-refractivity contribution in [1.29, 1.82) is 0 Å². The van der Waals surface area contributed by atoms with Crippen LogP contribution in [0.1, 0.15) is 0 Å². The molecular formula is C9H6F3N3. The van der Waals surface area contributed by atoms with Gasteiger partial charge in [-0.3, -0.25) is 5.10 Å². The Morgan fingerprint density at radius 1 is 1.13 bits per heavy atom. The Balaban J connectivity index is 2.72. The Labute approximate surface area is 82.7 Å². The summed E-state index contributed by atoms with van der Waals surface area (Å²) in [5.74, 6) is -3.32. The molecule has 0 spiro atoms. The van der Waals surface area contributed by atoms with Gasteiger partial charge in [0.1, 0.15) is 5.82 Å². The van der Waals surface area contributed by atoms with E-state index in [-0.39, 0.29) is 11.4 Å². The molecule has 0 atom stereocenters. The van der Waals surface area contributed by atoms with Gasteiger partial charge in [0.05, 0.1) is 23.1 Å². The molecule has 78 valence electrons. The number of nitrogens with one attached hydrogen (secondary N) is 1. The average molecular weight is 213 g/mol. The summed E-state index contributed by atoms with van der Waals surface area (Å²) in [4.78, 5) is 0. The number of hydrogen-bond acceptors (Lipinski definition) is 2. The molecule has 1 heterocycles. The molecular weight excluding hydrogens is 207 g/mol. The van der Waals surface area contributed by atoms with E-state index in [2.05, 4.69) is 10.2 Å². The summed E-state index contributed by atoms with van der Waals surface area (Å²) in [5.41, 5.74) is 4.86. The maximum atomic E-state index is 13.3. The highest BCUT2D eigenvalue weighted by Gasteiger charge is 2.18. The molecule has 6 heteroatoms. The van der Waals surface area contributed by atoms with Gasteiger partial charge in [-0.25, -0.2) is 13.2 Å². The zero-order valence-corrected chi connectivity index (χ0v) is 7.39. The van der Waals surface area contributed by atoms with Gasteiger partial charge in [0, 0.05) is 0 Å². The van der Waals surface area contributed by atoms with E-state index in [1.165, 1.54) is 6.20 Å². The van der Waals surface area contributed by atoms with Crippen LogP contribution >= 0.6 is 0 Å². The second kappa shape index (κ2) is 3.30.